The third kappa shape index (κ3) is 3.40. The van der Waals surface area contributed by atoms with Crippen LogP contribution in [0.25, 0.3) is 0 Å². The van der Waals surface area contributed by atoms with Gasteiger partial charge in [0.2, 0.25) is 5.91 Å². The number of hydrogen-bond acceptors (Lipinski definition) is 1. The number of amides is 1. The largest absolute Gasteiger partial charge is 0.369 e. The Morgan fingerprint density at radius 2 is 1.82 bits per heavy atom. The summed E-state index contributed by atoms with van der Waals surface area (Å²) < 4.78 is 0. The van der Waals surface area contributed by atoms with Crippen LogP contribution in [0.1, 0.15) is 13.0 Å². The lowest BCUT2D eigenvalue weighted by atomic mass is 10.1. The van der Waals surface area contributed by atoms with Crippen LogP contribution in [0.5, 0.6) is 0 Å². The van der Waals surface area contributed by atoms with Crippen molar-refractivity contribution in [2.24, 2.45) is 5.73 Å². The molecule has 0 aliphatic heterocycles. The predicted molar refractivity (Wildman–Crippen MR) is 46.1 cm³/mol. The van der Waals surface area contributed by atoms with Crippen molar-refractivity contribution in [3.8, 4) is 0 Å². The monoisotopic (exact) mass is 151 g/mol. The van der Waals surface area contributed by atoms with Crippen LogP contribution in [-0.4, -0.2) is 5.91 Å². The number of carbonyl (C=O) groups is 1. The van der Waals surface area contributed by atoms with Gasteiger partial charge < -0.3 is 5.73 Å². The Bertz CT molecular complexity index is 218. The minimum atomic E-state index is -0.286. The Morgan fingerprint density at radius 1 is 1.27 bits per heavy atom. The second kappa shape index (κ2) is 4.50. The van der Waals surface area contributed by atoms with Gasteiger partial charge in [0.1, 0.15) is 0 Å². The first-order valence-electron chi connectivity index (χ1n) is 3.11. The first-order valence-corrected chi connectivity index (χ1v) is 3.11. The second-order valence-corrected chi connectivity index (χ2v) is 2.13. The van der Waals surface area contributed by atoms with Crippen LogP contribution in [-0.2, 0) is 11.2 Å². The van der Waals surface area contributed by atoms with E-state index < -0.39 is 0 Å². The lowest BCUT2D eigenvalue weighted by Gasteiger charge is -1.93. The molecule has 0 aliphatic carbocycles. The molecule has 0 fully saturated rings. The molecule has 0 spiro atoms. The summed E-state index contributed by atoms with van der Waals surface area (Å²) in [6, 6.07) is 9.44. The van der Waals surface area contributed by atoms with E-state index in [2.05, 4.69) is 0 Å². The molecule has 0 aromatic heterocycles. The summed E-state index contributed by atoms with van der Waals surface area (Å²) in [7, 11) is 0. The quantitative estimate of drug-likeness (QED) is 0.681. The van der Waals surface area contributed by atoms with Crippen LogP contribution in [0, 0.1) is 0 Å². The molecule has 1 aromatic rings. The van der Waals surface area contributed by atoms with E-state index in [9.17, 15) is 4.79 Å². The zero-order valence-electron chi connectivity index (χ0n) is 5.58. The van der Waals surface area contributed by atoms with E-state index >= 15 is 0 Å². The van der Waals surface area contributed by atoms with Gasteiger partial charge in [0, 0.05) is 0 Å². The standard InChI is InChI=1S/C8H9NO.CH4/c9-8(10)6-7-4-2-1-3-5-7;/h1-5H,6H2,(H2,9,10);1H4. The Morgan fingerprint density at radius 3 is 2.27 bits per heavy atom. The fraction of sp³-hybridized carbons (Fsp3) is 0.222. The molecule has 1 amide bonds. The Balaban J connectivity index is 0.000001000. The molecule has 0 radical (unpaired) electrons. The van der Waals surface area contributed by atoms with Crippen molar-refractivity contribution in [2.45, 2.75) is 13.8 Å². The van der Waals surface area contributed by atoms with Gasteiger partial charge in [0.25, 0.3) is 0 Å². The average Bonchev–Trinajstić information content (AvgIpc) is 1.88. The van der Waals surface area contributed by atoms with E-state index in [1.54, 1.807) is 0 Å². The van der Waals surface area contributed by atoms with E-state index in [0.717, 1.165) is 5.56 Å². The SMILES string of the molecule is C.NC(=O)Cc1ccccc1. The van der Waals surface area contributed by atoms with Gasteiger partial charge in [-0.15, -0.1) is 0 Å². The molecule has 2 N–H and O–H groups in total. The molecule has 0 heterocycles. The van der Waals surface area contributed by atoms with Crippen LogP contribution in [0.4, 0.5) is 0 Å². The van der Waals surface area contributed by atoms with Gasteiger partial charge in [-0.05, 0) is 5.56 Å². The molecule has 0 atom stereocenters. The van der Waals surface area contributed by atoms with Gasteiger partial charge in [-0.2, -0.15) is 0 Å². The van der Waals surface area contributed by atoms with Gasteiger partial charge in [-0.25, -0.2) is 0 Å². The summed E-state index contributed by atoms with van der Waals surface area (Å²) in [5.41, 5.74) is 5.95. The van der Waals surface area contributed by atoms with Gasteiger partial charge in [-0.1, -0.05) is 37.8 Å². The van der Waals surface area contributed by atoms with Gasteiger partial charge in [0.15, 0.2) is 0 Å². The predicted octanol–water partition coefficient (Wildman–Crippen LogP) is 1.35. The van der Waals surface area contributed by atoms with Crippen LogP contribution in [0.2, 0.25) is 0 Å². The van der Waals surface area contributed by atoms with Crippen molar-refractivity contribution in [1.82, 2.24) is 0 Å². The third-order valence-corrected chi connectivity index (χ3v) is 1.22. The molecule has 0 bridgehead atoms. The first-order chi connectivity index (χ1) is 4.79. The maximum Gasteiger partial charge on any atom is 0.221 e. The summed E-state index contributed by atoms with van der Waals surface area (Å²) in [5, 5.41) is 0. The molecule has 1 rings (SSSR count). The fourth-order valence-corrected chi connectivity index (χ4v) is 0.797. The van der Waals surface area contributed by atoms with E-state index in [-0.39, 0.29) is 13.3 Å². The number of hydrogen-bond donors (Lipinski definition) is 1. The zero-order chi connectivity index (χ0) is 7.40. The Hall–Kier alpha value is -1.31. The van der Waals surface area contributed by atoms with Crippen molar-refractivity contribution in [2.75, 3.05) is 0 Å². The number of nitrogens with two attached hydrogens (primary N) is 1. The van der Waals surface area contributed by atoms with Crippen LogP contribution in [0.15, 0.2) is 30.3 Å². The molecule has 2 heteroatoms. The molecular formula is C9H13NO. The maximum atomic E-state index is 10.4. The summed E-state index contributed by atoms with van der Waals surface area (Å²) in [5.74, 6) is -0.286. The second-order valence-electron chi connectivity index (χ2n) is 2.13. The minimum absolute atomic E-state index is 0. The Kier molecular flexibility index (Phi) is 3.96. The molecule has 0 saturated heterocycles. The molecule has 60 valence electrons. The van der Waals surface area contributed by atoms with Crippen LogP contribution in [0.3, 0.4) is 0 Å². The number of rotatable bonds is 2. The topological polar surface area (TPSA) is 43.1 Å². The highest BCUT2D eigenvalue weighted by molar-refractivity contribution is 5.76. The summed E-state index contributed by atoms with van der Waals surface area (Å²) >= 11 is 0. The van der Waals surface area contributed by atoms with Gasteiger partial charge in [0.05, 0.1) is 6.42 Å². The normalized spacial score (nSPS) is 8.36. The molecule has 11 heavy (non-hydrogen) atoms. The van der Waals surface area contributed by atoms with Gasteiger partial charge >= 0.3 is 0 Å². The van der Waals surface area contributed by atoms with E-state index in [0.29, 0.717) is 6.42 Å². The van der Waals surface area contributed by atoms with Gasteiger partial charge in [-0.3, -0.25) is 4.79 Å². The van der Waals surface area contributed by atoms with Crippen molar-refractivity contribution in [3.05, 3.63) is 35.9 Å². The van der Waals surface area contributed by atoms with Crippen LogP contribution < -0.4 is 5.73 Å². The molecule has 0 unspecified atom stereocenters. The molecule has 0 aliphatic rings. The van der Waals surface area contributed by atoms with Crippen molar-refractivity contribution >= 4 is 5.91 Å². The molecule has 0 saturated carbocycles. The first kappa shape index (κ1) is 9.69. The minimum Gasteiger partial charge on any atom is -0.369 e. The van der Waals surface area contributed by atoms with Crippen molar-refractivity contribution < 1.29 is 4.79 Å². The summed E-state index contributed by atoms with van der Waals surface area (Å²) in [4.78, 5) is 10.4. The number of benzene rings is 1. The smallest absolute Gasteiger partial charge is 0.221 e. The molecular weight excluding hydrogens is 138 g/mol. The highest BCUT2D eigenvalue weighted by Crippen LogP contribution is 1.97. The summed E-state index contributed by atoms with van der Waals surface area (Å²) in [6.45, 7) is 0. The van der Waals surface area contributed by atoms with E-state index in [1.807, 2.05) is 30.3 Å². The van der Waals surface area contributed by atoms with Crippen molar-refractivity contribution in [1.29, 1.82) is 0 Å². The van der Waals surface area contributed by atoms with Crippen molar-refractivity contribution in [3.63, 3.8) is 0 Å². The van der Waals surface area contributed by atoms with E-state index in [1.165, 1.54) is 0 Å². The zero-order valence-corrected chi connectivity index (χ0v) is 5.58. The Labute approximate surface area is 67.0 Å². The number of carbonyl (C=O) groups excluding carboxylic acids is 1. The third-order valence-electron chi connectivity index (χ3n) is 1.22. The lowest BCUT2D eigenvalue weighted by Crippen LogP contribution is -2.13. The number of primary amides is 1. The summed E-state index contributed by atoms with van der Waals surface area (Å²) in [6.07, 6.45) is 0.334. The maximum absolute atomic E-state index is 10.4. The lowest BCUT2D eigenvalue weighted by molar-refractivity contribution is -0.117. The highest BCUT2D eigenvalue weighted by atomic mass is 16.1. The molecule has 2 nitrogen and oxygen atoms in total. The highest BCUT2D eigenvalue weighted by Gasteiger charge is 1.94. The van der Waals surface area contributed by atoms with E-state index in [4.69, 9.17) is 5.73 Å². The average molecular weight is 151 g/mol. The molecule has 1 aromatic carbocycles. The fourth-order valence-electron chi connectivity index (χ4n) is 0.797. The van der Waals surface area contributed by atoms with Crippen LogP contribution >= 0.6 is 0 Å².